The Morgan fingerprint density at radius 1 is 1.19 bits per heavy atom. The van der Waals surface area contributed by atoms with Crippen LogP contribution >= 0.6 is 0 Å². The second-order valence-electron chi connectivity index (χ2n) is 6.87. The topological polar surface area (TPSA) is 92.3 Å². The molecule has 1 aliphatic carbocycles. The van der Waals surface area contributed by atoms with E-state index in [0.717, 1.165) is 63.2 Å². The number of sulfonamides is 1. The van der Waals surface area contributed by atoms with Gasteiger partial charge in [0, 0.05) is 12.0 Å². The zero-order valence-corrected chi connectivity index (χ0v) is 16.1. The monoisotopic (exact) mass is 380 g/mol. The zero-order chi connectivity index (χ0) is 19.0. The van der Waals surface area contributed by atoms with E-state index < -0.39 is 16.1 Å². The second kappa shape index (κ2) is 9.71. The van der Waals surface area contributed by atoms with E-state index in [1.165, 1.54) is 12.1 Å². The molecule has 0 aromatic heterocycles. The molecular formula is C19H28N2O4S. The van der Waals surface area contributed by atoms with Crippen LogP contribution in [0.15, 0.2) is 29.2 Å². The van der Waals surface area contributed by atoms with Crippen molar-refractivity contribution in [3.8, 4) is 0 Å². The largest absolute Gasteiger partial charge is 0.335 e. The van der Waals surface area contributed by atoms with Gasteiger partial charge in [0.1, 0.15) is 6.29 Å². The Morgan fingerprint density at radius 3 is 2.42 bits per heavy atom. The van der Waals surface area contributed by atoms with E-state index >= 15 is 0 Å². The van der Waals surface area contributed by atoms with Crippen LogP contribution in [0.3, 0.4) is 0 Å². The molecule has 1 aliphatic rings. The highest BCUT2D eigenvalue weighted by molar-refractivity contribution is 7.90. The molecule has 2 rings (SSSR count). The van der Waals surface area contributed by atoms with Gasteiger partial charge in [-0.2, -0.15) is 0 Å². The number of carbonyl (C=O) groups excluding carboxylic acids is 2. The summed E-state index contributed by atoms with van der Waals surface area (Å²) in [5, 5.41) is 2.73. The molecule has 0 radical (unpaired) electrons. The minimum absolute atomic E-state index is 0.0141. The Balaban J connectivity index is 1.99. The lowest BCUT2D eigenvalue weighted by molar-refractivity contribution is -0.109. The van der Waals surface area contributed by atoms with Crippen LogP contribution in [0.25, 0.3) is 0 Å². The molecule has 1 atom stereocenters. The van der Waals surface area contributed by atoms with E-state index in [-0.39, 0.29) is 16.9 Å². The molecule has 0 saturated heterocycles. The minimum atomic E-state index is -3.93. The number of hydrogen-bond acceptors (Lipinski definition) is 4. The summed E-state index contributed by atoms with van der Waals surface area (Å²) < 4.78 is 26.8. The Morgan fingerprint density at radius 2 is 1.85 bits per heavy atom. The number of nitrogens with one attached hydrogen (secondary N) is 2. The minimum Gasteiger partial charge on any atom is -0.335 e. The van der Waals surface area contributed by atoms with Gasteiger partial charge < -0.3 is 10.1 Å². The van der Waals surface area contributed by atoms with Crippen LogP contribution < -0.4 is 10.0 Å². The summed E-state index contributed by atoms with van der Waals surface area (Å²) in [6.07, 6.45) is 8.60. The van der Waals surface area contributed by atoms with Crippen LogP contribution in [0.5, 0.6) is 0 Å². The number of aldehydes is 1. The van der Waals surface area contributed by atoms with Gasteiger partial charge in [0.25, 0.3) is 10.0 Å². The Hall–Kier alpha value is -1.89. The highest BCUT2D eigenvalue weighted by Crippen LogP contribution is 2.22. The molecule has 7 heteroatoms. The molecule has 26 heavy (non-hydrogen) atoms. The fourth-order valence-corrected chi connectivity index (χ4v) is 4.19. The summed E-state index contributed by atoms with van der Waals surface area (Å²) >= 11 is 0. The third-order valence-corrected chi connectivity index (χ3v) is 6.17. The molecule has 0 aliphatic heterocycles. The molecule has 1 aromatic carbocycles. The van der Waals surface area contributed by atoms with Gasteiger partial charge in [-0.3, -0.25) is 0 Å². The summed E-state index contributed by atoms with van der Waals surface area (Å²) in [6, 6.07) is 5.51. The van der Waals surface area contributed by atoms with Crippen molar-refractivity contribution < 1.29 is 18.0 Å². The molecular weight excluding hydrogens is 352 g/mol. The highest BCUT2D eigenvalue weighted by atomic mass is 32.2. The van der Waals surface area contributed by atoms with E-state index in [1.54, 1.807) is 12.1 Å². The predicted molar refractivity (Wildman–Crippen MR) is 100 cm³/mol. The molecule has 1 unspecified atom stereocenters. The maximum absolute atomic E-state index is 12.4. The number of unbranched alkanes of at least 4 members (excludes halogenated alkanes) is 1. The van der Waals surface area contributed by atoms with Crippen molar-refractivity contribution in [2.24, 2.45) is 0 Å². The maximum atomic E-state index is 12.4. The van der Waals surface area contributed by atoms with Crippen LogP contribution in [0.4, 0.5) is 4.79 Å². The lowest BCUT2D eigenvalue weighted by atomic mass is 9.95. The molecule has 1 aromatic rings. The summed E-state index contributed by atoms with van der Waals surface area (Å²) in [5.41, 5.74) is 0.791. The molecule has 2 amide bonds. The first-order valence-electron chi connectivity index (χ1n) is 9.35. The fraction of sp³-hybridized carbons (Fsp3) is 0.579. The first-order chi connectivity index (χ1) is 12.5. The first-order valence-corrected chi connectivity index (χ1v) is 10.8. The van der Waals surface area contributed by atoms with Crippen molar-refractivity contribution in [2.75, 3.05) is 0 Å². The molecule has 0 heterocycles. The number of hydrogen-bond donors (Lipinski definition) is 2. The van der Waals surface area contributed by atoms with Crippen LogP contribution in [0, 0.1) is 0 Å². The van der Waals surface area contributed by atoms with E-state index in [0.29, 0.717) is 0 Å². The van der Waals surface area contributed by atoms with Gasteiger partial charge in [-0.25, -0.2) is 17.9 Å². The van der Waals surface area contributed by atoms with E-state index in [4.69, 9.17) is 0 Å². The average Bonchev–Trinajstić information content (AvgIpc) is 2.63. The van der Waals surface area contributed by atoms with Crippen LogP contribution in [-0.4, -0.2) is 26.8 Å². The first kappa shape index (κ1) is 20.4. The molecule has 2 N–H and O–H groups in total. The Labute approximate surface area is 155 Å². The predicted octanol–water partition coefficient (Wildman–Crippen LogP) is 3.48. The molecule has 144 valence electrons. The third-order valence-electron chi connectivity index (χ3n) is 4.82. The van der Waals surface area contributed by atoms with Gasteiger partial charge in [-0.05, 0) is 37.0 Å². The number of rotatable bonds is 8. The van der Waals surface area contributed by atoms with Crippen molar-refractivity contribution >= 4 is 22.3 Å². The molecule has 1 saturated carbocycles. The van der Waals surface area contributed by atoms with Crippen molar-refractivity contribution in [2.45, 2.75) is 75.1 Å². The molecule has 0 bridgehead atoms. The number of benzene rings is 1. The van der Waals surface area contributed by atoms with Gasteiger partial charge >= 0.3 is 6.03 Å². The van der Waals surface area contributed by atoms with Crippen LogP contribution in [0.2, 0.25) is 0 Å². The summed E-state index contributed by atoms with van der Waals surface area (Å²) in [6.45, 7) is 2.06. The van der Waals surface area contributed by atoms with Gasteiger partial charge in [0.05, 0.1) is 4.90 Å². The fourth-order valence-electron chi connectivity index (χ4n) is 3.27. The second-order valence-corrected chi connectivity index (χ2v) is 8.55. The molecule has 6 nitrogen and oxygen atoms in total. The SMILES string of the molecule is CCCCC(C=O)c1ccc(S(=O)(=O)NC(=O)NC2CCCCC2)cc1. The third kappa shape index (κ3) is 5.83. The van der Waals surface area contributed by atoms with Gasteiger partial charge in [-0.1, -0.05) is 51.2 Å². The van der Waals surface area contributed by atoms with Crippen LogP contribution in [-0.2, 0) is 14.8 Å². The summed E-state index contributed by atoms with van der Waals surface area (Å²) in [4.78, 5) is 23.3. The number of amides is 2. The number of urea groups is 1. The Kier molecular flexibility index (Phi) is 7.63. The average molecular weight is 381 g/mol. The van der Waals surface area contributed by atoms with Crippen molar-refractivity contribution in [3.05, 3.63) is 29.8 Å². The van der Waals surface area contributed by atoms with Crippen LogP contribution in [0.1, 0.15) is 69.8 Å². The van der Waals surface area contributed by atoms with Crippen molar-refractivity contribution in [1.29, 1.82) is 0 Å². The highest BCUT2D eigenvalue weighted by Gasteiger charge is 2.21. The van der Waals surface area contributed by atoms with Gasteiger partial charge in [0.15, 0.2) is 0 Å². The van der Waals surface area contributed by atoms with Crippen molar-refractivity contribution in [3.63, 3.8) is 0 Å². The van der Waals surface area contributed by atoms with Gasteiger partial charge in [-0.15, -0.1) is 0 Å². The van der Waals surface area contributed by atoms with Gasteiger partial charge in [0.2, 0.25) is 0 Å². The van der Waals surface area contributed by atoms with Crippen molar-refractivity contribution in [1.82, 2.24) is 10.0 Å². The summed E-state index contributed by atoms with van der Waals surface area (Å²) in [7, 11) is -3.93. The quantitative estimate of drug-likeness (QED) is 0.675. The molecule has 1 fully saturated rings. The maximum Gasteiger partial charge on any atom is 0.328 e. The zero-order valence-electron chi connectivity index (χ0n) is 15.2. The van der Waals surface area contributed by atoms with E-state index in [1.807, 2.05) is 0 Å². The van der Waals surface area contributed by atoms with E-state index in [9.17, 15) is 18.0 Å². The lowest BCUT2D eigenvalue weighted by Crippen LogP contribution is -2.45. The summed E-state index contributed by atoms with van der Waals surface area (Å²) in [5.74, 6) is -0.228. The smallest absolute Gasteiger partial charge is 0.328 e. The standard InChI is InChI=1S/C19H28N2O4S/c1-2-3-7-16(14-22)15-10-12-18(13-11-15)26(24,25)21-19(23)20-17-8-5-4-6-9-17/h10-14,16-17H,2-9H2,1H3,(H2,20,21,23). The normalized spacial score (nSPS) is 16.7. The molecule has 0 spiro atoms. The van der Waals surface area contributed by atoms with E-state index in [2.05, 4.69) is 17.0 Å². The number of carbonyl (C=O) groups is 2. The lowest BCUT2D eigenvalue weighted by Gasteiger charge is -2.22. The Bertz CT molecular complexity index is 695.